The average molecular weight is 294 g/mol. The minimum absolute atomic E-state index is 0.0820. The Bertz CT molecular complexity index is 374. The lowest BCUT2D eigenvalue weighted by Crippen LogP contribution is -2.13. The van der Waals surface area contributed by atoms with Crippen LogP contribution in [0.15, 0.2) is 10.5 Å². The molecule has 16 heavy (non-hydrogen) atoms. The Kier molecular flexibility index (Phi) is 4.98. The maximum atomic E-state index is 14.0. The quantitative estimate of drug-likeness (QED) is 0.846. The molecule has 1 rings (SSSR count). The van der Waals surface area contributed by atoms with Crippen LogP contribution in [0, 0.1) is 5.82 Å². The van der Waals surface area contributed by atoms with Crippen LogP contribution in [0.1, 0.15) is 5.56 Å². The van der Waals surface area contributed by atoms with Gasteiger partial charge in [-0.2, -0.15) is 5.48 Å². The van der Waals surface area contributed by atoms with E-state index in [1.807, 2.05) is 0 Å². The van der Waals surface area contributed by atoms with E-state index in [2.05, 4.69) is 26.2 Å². The summed E-state index contributed by atoms with van der Waals surface area (Å²) in [5.41, 5.74) is 2.98. The van der Waals surface area contributed by atoms with E-state index in [0.29, 0.717) is 15.8 Å². The highest BCUT2D eigenvalue weighted by Crippen LogP contribution is 2.36. The van der Waals surface area contributed by atoms with Gasteiger partial charge >= 0.3 is 0 Å². The van der Waals surface area contributed by atoms with Crippen molar-refractivity contribution in [2.24, 2.45) is 0 Å². The molecule has 1 N–H and O–H groups in total. The Morgan fingerprint density at radius 2 is 2.00 bits per heavy atom. The van der Waals surface area contributed by atoms with Gasteiger partial charge in [-0.3, -0.25) is 0 Å². The van der Waals surface area contributed by atoms with E-state index in [-0.39, 0.29) is 12.3 Å². The highest BCUT2D eigenvalue weighted by Gasteiger charge is 2.18. The standard InChI is InChI=1S/C10H13BrFNO3/c1-14-8-4-7(11)6(5-13-16-3)9(12)10(8)15-2/h4,13H,5H2,1-3H3. The second-order valence-corrected chi connectivity index (χ2v) is 3.77. The summed E-state index contributed by atoms with van der Waals surface area (Å²) in [5.74, 6) is -0.0510. The molecule has 0 saturated carbocycles. The summed E-state index contributed by atoms with van der Waals surface area (Å²) < 4.78 is 24.5. The van der Waals surface area contributed by atoms with E-state index in [1.165, 1.54) is 21.3 Å². The van der Waals surface area contributed by atoms with Gasteiger partial charge in [0.2, 0.25) is 0 Å². The van der Waals surface area contributed by atoms with Gasteiger partial charge in [-0.15, -0.1) is 0 Å². The molecule has 0 heterocycles. The zero-order valence-corrected chi connectivity index (χ0v) is 10.9. The van der Waals surface area contributed by atoms with Gasteiger partial charge in [-0.1, -0.05) is 15.9 Å². The molecule has 90 valence electrons. The van der Waals surface area contributed by atoms with Gasteiger partial charge in [-0.05, 0) is 6.07 Å². The second kappa shape index (κ2) is 6.03. The van der Waals surface area contributed by atoms with Crippen molar-refractivity contribution in [2.75, 3.05) is 21.3 Å². The monoisotopic (exact) mass is 293 g/mol. The van der Waals surface area contributed by atoms with Crippen molar-refractivity contribution in [1.82, 2.24) is 5.48 Å². The highest BCUT2D eigenvalue weighted by atomic mass is 79.9. The molecule has 0 saturated heterocycles. The predicted molar refractivity (Wildman–Crippen MR) is 61.1 cm³/mol. The Labute approximate surface area is 102 Å². The summed E-state index contributed by atoms with van der Waals surface area (Å²) in [6, 6.07) is 1.65. The highest BCUT2D eigenvalue weighted by molar-refractivity contribution is 9.10. The van der Waals surface area contributed by atoms with Gasteiger partial charge in [-0.25, -0.2) is 4.39 Å². The van der Waals surface area contributed by atoms with Crippen molar-refractivity contribution >= 4 is 15.9 Å². The summed E-state index contributed by atoms with van der Waals surface area (Å²) in [6.45, 7) is 0.225. The topological polar surface area (TPSA) is 39.7 Å². The van der Waals surface area contributed by atoms with Gasteiger partial charge < -0.3 is 14.3 Å². The fraction of sp³-hybridized carbons (Fsp3) is 0.400. The van der Waals surface area contributed by atoms with Crippen LogP contribution in [0.5, 0.6) is 11.5 Å². The molecule has 6 heteroatoms. The van der Waals surface area contributed by atoms with Gasteiger partial charge in [0.25, 0.3) is 0 Å². The van der Waals surface area contributed by atoms with Gasteiger partial charge in [0.05, 0.1) is 27.9 Å². The summed E-state index contributed by atoms with van der Waals surface area (Å²) in [5, 5.41) is 0. The minimum Gasteiger partial charge on any atom is -0.493 e. The van der Waals surface area contributed by atoms with Crippen LogP contribution in [0.4, 0.5) is 4.39 Å². The molecule has 1 aromatic carbocycles. The molecule has 0 fully saturated rings. The van der Waals surface area contributed by atoms with E-state index in [4.69, 9.17) is 9.47 Å². The van der Waals surface area contributed by atoms with Crippen LogP contribution in [-0.4, -0.2) is 21.3 Å². The normalized spacial score (nSPS) is 10.3. The zero-order valence-electron chi connectivity index (χ0n) is 9.27. The largest absolute Gasteiger partial charge is 0.493 e. The number of methoxy groups -OCH3 is 2. The van der Waals surface area contributed by atoms with Crippen molar-refractivity contribution < 1.29 is 18.7 Å². The first-order valence-corrected chi connectivity index (χ1v) is 5.29. The first-order chi connectivity index (χ1) is 7.65. The number of nitrogens with one attached hydrogen (secondary N) is 1. The smallest absolute Gasteiger partial charge is 0.197 e. The van der Waals surface area contributed by atoms with Crippen LogP contribution in [0.3, 0.4) is 0 Å². The van der Waals surface area contributed by atoms with Crippen LogP contribution in [0.25, 0.3) is 0 Å². The Balaban J connectivity index is 3.18. The average Bonchev–Trinajstić information content (AvgIpc) is 2.28. The fourth-order valence-electron chi connectivity index (χ4n) is 1.27. The first-order valence-electron chi connectivity index (χ1n) is 4.50. The molecule has 0 bridgehead atoms. The van der Waals surface area contributed by atoms with Crippen LogP contribution in [0.2, 0.25) is 0 Å². The minimum atomic E-state index is -0.474. The summed E-state index contributed by atoms with van der Waals surface area (Å²) in [7, 11) is 4.31. The zero-order chi connectivity index (χ0) is 12.1. The molecule has 0 spiro atoms. The molecule has 0 aliphatic carbocycles. The first kappa shape index (κ1) is 13.2. The number of hydroxylamine groups is 1. The van der Waals surface area contributed by atoms with Gasteiger partial charge in [0.15, 0.2) is 17.3 Å². The molecule has 0 aliphatic rings. The molecular weight excluding hydrogens is 281 g/mol. The molecule has 0 aliphatic heterocycles. The lowest BCUT2D eigenvalue weighted by molar-refractivity contribution is 0.0856. The second-order valence-electron chi connectivity index (χ2n) is 2.91. The van der Waals surface area contributed by atoms with Gasteiger partial charge in [0.1, 0.15) is 0 Å². The Morgan fingerprint density at radius 1 is 1.31 bits per heavy atom. The molecule has 0 unspecified atom stereocenters. The summed E-state index contributed by atoms with van der Waals surface area (Å²) in [6.07, 6.45) is 0. The SMILES string of the molecule is CONCc1c(Br)cc(OC)c(OC)c1F. The van der Waals surface area contributed by atoms with Crippen LogP contribution < -0.4 is 15.0 Å². The number of ether oxygens (including phenoxy) is 2. The Hall–Kier alpha value is -0.850. The van der Waals surface area contributed by atoms with E-state index in [9.17, 15) is 4.39 Å². The molecule has 0 amide bonds. The van der Waals surface area contributed by atoms with Crippen molar-refractivity contribution in [3.63, 3.8) is 0 Å². The van der Waals surface area contributed by atoms with E-state index in [1.54, 1.807) is 6.07 Å². The number of halogens is 2. The van der Waals surface area contributed by atoms with Crippen LogP contribution >= 0.6 is 15.9 Å². The molecule has 0 radical (unpaired) electrons. The lowest BCUT2D eigenvalue weighted by atomic mass is 10.2. The third-order valence-corrected chi connectivity index (χ3v) is 2.76. The fourth-order valence-corrected chi connectivity index (χ4v) is 1.79. The van der Waals surface area contributed by atoms with E-state index in [0.717, 1.165) is 0 Å². The summed E-state index contributed by atoms with van der Waals surface area (Å²) in [4.78, 5) is 4.68. The number of hydrogen-bond donors (Lipinski definition) is 1. The maximum Gasteiger partial charge on any atom is 0.197 e. The molecule has 4 nitrogen and oxygen atoms in total. The van der Waals surface area contributed by atoms with Crippen molar-refractivity contribution in [3.8, 4) is 11.5 Å². The lowest BCUT2D eigenvalue weighted by Gasteiger charge is -2.13. The maximum absolute atomic E-state index is 14.0. The third kappa shape index (κ3) is 2.63. The van der Waals surface area contributed by atoms with Crippen molar-refractivity contribution in [3.05, 3.63) is 21.9 Å². The van der Waals surface area contributed by atoms with E-state index >= 15 is 0 Å². The third-order valence-electron chi connectivity index (χ3n) is 2.05. The summed E-state index contributed by atoms with van der Waals surface area (Å²) >= 11 is 3.26. The molecule has 1 aromatic rings. The molecule has 0 atom stereocenters. The molecule has 0 aromatic heterocycles. The van der Waals surface area contributed by atoms with E-state index < -0.39 is 5.82 Å². The molecular formula is C10H13BrFNO3. The Morgan fingerprint density at radius 3 is 2.50 bits per heavy atom. The van der Waals surface area contributed by atoms with Crippen molar-refractivity contribution in [1.29, 1.82) is 0 Å². The van der Waals surface area contributed by atoms with Crippen molar-refractivity contribution in [2.45, 2.75) is 6.54 Å². The number of benzene rings is 1. The van der Waals surface area contributed by atoms with Gasteiger partial charge in [0, 0.05) is 10.0 Å². The van der Waals surface area contributed by atoms with Crippen LogP contribution in [-0.2, 0) is 11.4 Å². The predicted octanol–water partition coefficient (Wildman–Crippen LogP) is 2.26. The number of hydrogen-bond acceptors (Lipinski definition) is 4. The number of rotatable bonds is 5.